The zero-order valence-corrected chi connectivity index (χ0v) is 13.4. The minimum absolute atomic E-state index is 0.177. The summed E-state index contributed by atoms with van der Waals surface area (Å²) in [6.45, 7) is 0. The van der Waals surface area contributed by atoms with Gasteiger partial charge in [0.1, 0.15) is 5.75 Å². The highest BCUT2D eigenvalue weighted by Crippen LogP contribution is 2.40. The molecule has 1 nitrogen and oxygen atoms in total. The lowest BCUT2D eigenvalue weighted by Gasteiger charge is -2.10. The summed E-state index contributed by atoms with van der Waals surface area (Å²) in [6.07, 6.45) is 1.92. The quantitative estimate of drug-likeness (QED) is 0.524. The Morgan fingerprint density at radius 2 is 1.93 bits per heavy atom. The normalized spacial score (nSPS) is 10.3. The van der Waals surface area contributed by atoms with Gasteiger partial charge in [0, 0.05) is 14.5 Å². The van der Waals surface area contributed by atoms with Crippen molar-refractivity contribution in [3.8, 4) is 5.75 Å². The van der Waals surface area contributed by atoms with Crippen LogP contribution in [0.15, 0.2) is 19.5 Å². The minimum Gasteiger partial charge on any atom is -0.507 e. The molecule has 0 radical (unpaired) electrons. The van der Waals surface area contributed by atoms with Crippen molar-refractivity contribution in [3.63, 3.8) is 0 Å². The topological polar surface area (TPSA) is 20.2 Å². The molecule has 0 spiro atoms. The molecule has 0 aliphatic rings. The van der Waals surface area contributed by atoms with E-state index in [1.54, 1.807) is 6.07 Å². The van der Waals surface area contributed by atoms with Gasteiger partial charge in [0.2, 0.25) is 0 Å². The van der Waals surface area contributed by atoms with Gasteiger partial charge < -0.3 is 5.11 Å². The maximum Gasteiger partial charge on any atom is 0.132 e. The number of halogens is 3. The Kier molecular flexibility index (Phi) is 4.90. The predicted molar refractivity (Wildman–Crippen MR) is 76.4 cm³/mol. The van der Waals surface area contributed by atoms with Gasteiger partial charge in [0.25, 0.3) is 0 Å². The van der Waals surface area contributed by atoms with E-state index in [0.717, 1.165) is 18.7 Å². The van der Waals surface area contributed by atoms with Crippen molar-refractivity contribution in [2.75, 3.05) is 6.26 Å². The number of phenols is 1. The van der Waals surface area contributed by atoms with Crippen LogP contribution in [0.1, 0.15) is 5.56 Å². The third kappa shape index (κ3) is 2.52. The van der Waals surface area contributed by atoms with Crippen LogP contribution in [-0.2, 0) is 0 Å². The van der Waals surface area contributed by atoms with Gasteiger partial charge in [0.05, 0.1) is 8.67 Å². The van der Waals surface area contributed by atoms with E-state index in [4.69, 9.17) is 12.2 Å². The van der Waals surface area contributed by atoms with Gasteiger partial charge in [-0.25, -0.2) is 0 Å². The first-order chi connectivity index (χ1) is 6.49. The molecule has 0 aromatic heterocycles. The zero-order chi connectivity index (χ0) is 10.9. The molecule has 0 bridgehead atoms. The lowest BCUT2D eigenvalue weighted by molar-refractivity contribution is 0.471. The predicted octanol–water partition coefficient (Wildman–Crippen LogP) is 4.72. The molecule has 0 saturated carbocycles. The zero-order valence-electron chi connectivity index (χ0n) is 6.97. The molecule has 0 heterocycles. The van der Waals surface area contributed by atoms with Crippen LogP contribution >= 0.6 is 71.8 Å². The second-order valence-corrected chi connectivity index (χ2v) is 6.30. The molecule has 0 saturated heterocycles. The maximum atomic E-state index is 9.50. The highest BCUT2D eigenvalue weighted by molar-refractivity contribution is 9.13. The molecule has 0 amide bonds. The largest absolute Gasteiger partial charge is 0.507 e. The average Bonchev–Trinajstić information content (AvgIpc) is 2.14. The first-order valence-electron chi connectivity index (χ1n) is 3.43. The van der Waals surface area contributed by atoms with Crippen LogP contribution in [0.3, 0.4) is 0 Å². The van der Waals surface area contributed by atoms with Crippen molar-refractivity contribution in [3.05, 3.63) is 25.0 Å². The van der Waals surface area contributed by atoms with Crippen LogP contribution in [0.2, 0.25) is 0 Å². The van der Waals surface area contributed by atoms with Gasteiger partial charge in [0.15, 0.2) is 0 Å². The highest BCUT2D eigenvalue weighted by atomic mass is 79.9. The number of aromatic hydroxyl groups is 1. The first kappa shape index (κ1) is 13.0. The molecule has 0 aliphatic heterocycles. The number of hydrogen-bond donors (Lipinski definition) is 1. The standard InChI is InChI=1S/C8H5Br3OS2/c1-14-8(13)5-3(9)2-4(12)6(10)7(5)11/h2,12H,1H3. The SMILES string of the molecule is CSC(=S)c1c(Br)cc(O)c(Br)c1Br. The fourth-order valence-corrected chi connectivity index (χ4v) is 3.83. The van der Waals surface area contributed by atoms with Crippen LogP contribution in [0.25, 0.3) is 0 Å². The van der Waals surface area contributed by atoms with Crippen LogP contribution in [-0.4, -0.2) is 15.6 Å². The highest BCUT2D eigenvalue weighted by Gasteiger charge is 2.15. The van der Waals surface area contributed by atoms with Gasteiger partial charge in [-0.3, -0.25) is 0 Å². The molecule has 1 N–H and O–H groups in total. The summed E-state index contributed by atoms with van der Waals surface area (Å²) in [5.41, 5.74) is 0.886. The van der Waals surface area contributed by atoms with Crippen molar-refractivity contribution in [1.29, 1.82) is 0 Å². The maximum absolute atomic E-state index is 9.50. The Balaban J connectivity index is 3.44. The molecule has 1 aromatic rings. The van der Waals surface area contributed by atoms with Crippen molar-refractivity contribution in [2.24, 2.45) is 0 Å². The number of benzene rings is 1. The van der Waals surface area contributed by atoms with Gasteiger partial charge >= 0.3 is 0 Å². The fourth-order valence-electron chi connectivity index (χ4n) is 0.872. The Morgan fingerprint density at radius 1 is 1.36 bits per heavy atom. The summed E-state index contributed by atoms with van der Waals surface area (Å²) >= 11 is 16.7. The molecular weight excluding hydrogens is 416 g/mol. The molecule has 14 heavy (non-hydrogen) atoms. The van der Waals surface area contributed by atoms with E-state index in [-0.39, 0.29) is 5.75 Å². The third-order valence-corrected chi connectivity index (χ3v) is 5.56. The smallest absolute Gasteiger partial charge is 0.132 e. The monoisotopic (exact) mass is 418 g/mol. The number of thioether (sulfide) groups is 1. The van der Waals surface area contributed by atoms with E-state index in [2.05, 4.69) is 47.8 Å². The third-order valence-electron chi connectivity index (χ3n) is 1.53. The first-order valence-corrected chi connectivity index (χ1v) is 7.45. The lowest BCUT2D eigenvalue weighted by Crippen LogP contribution is -1.95. The molecular formula is C8H5Br3OS2. The van der Waals surface area contributed by atoms with Crippen LogP contribution < -0.4 is 0 Å². The van der Waals surface area contributed by atoms with Crippen molar-refractivity contribution < 1.29 is 5.11 Å². The Bertz CT molecular complexity index is 393. The number of phenolic OH excluding ortho intramolecular Hbond substituents is 1. The van der Waals surface area contributed by atoms with E-state index in [0.29, 0.717) is 4.47 Å². The summed E-state index contributed by atoms with van der Waals surface area (Å²) in [5.74, 6) is 0.177. The van der Waals surface area contributed by atoms with Crippen LogP contribution in [0.5, 0.6) is 5.75 Å². The Labute approximate surface area is 117 Å². The van der Waals surface area contributed by atoms with E-state index in [1.807, 2.05) is 6.26 Å². The van der Waals surface area contributed by atoms with E-state index in [9.17, 15) is 5.11 Å². The van der Waals surface area contributed by atoms with E-state index >= 15 is 0 Å². The van der Waals surface area contributed by atoms with Crippen molar-refractivity contribution in [2.45, 2.75) is 0 Å². The van der Waals surface area contributed by atoms with Gasteiger partial charge in [-0.05, 0) is 60.1 Å². The fraction of sp³-hybridized carbons (Fsp3) is 0.125. The Hall–Kier alpha value is 0.900. The second-order valence-electron chi connectivity index (χ2n) is 2.37. The van der Waals surface area contributed by atoms with Gasteiger partial charge in [-0.15, -0.1) is 11.8 Å². The van der Waals surface area contributed by atoms with Gasteiger partial charge in [-0.2, -0.15) is 0 Å². The molecule has 76 valence electrons. The van der Waals surface area contributed by atoms with Crippen LogP contribution in [0.4, 0.5) is 0 Å². The number of thiocarbonyl (C=S) groups is 1. The molecule has 6 heteroatoms. The number of rotatable bonds is 1. The summed E-state index contributed by atoms with van der Waals surface area (Å²) in [4.78, 5) is 0. The average molecular weight is 421 g/mol. The molecule has 0 fully saturated rings. The van der Waals surface area contributed by atoms with Gasteiger partial charge in [-0.1, -0.05) is 12.2 Å². The summed E-state index contributed by atoms with van der Waals surface area (Å²) < 4.78 is 2.93. The minimum atomic E-state index is 0.177. The van der Waals surface area contributed by atoms with E-state index < -0.39 is 0 Å². The molecule has 0 unspecified atom stereocenters. The number of hydrogen-bond acceptors (Lipinski definition) is 3. The van der Waals surface area contributed by atoms with Crippen LogP contribution in [0, 0.1) is 0 Å². The van der Waals surface area contributed by atoms with Crippen molar-refractivity contribution >= 4 is 76.0 Å². The van der Waals surface area contributed by atoms with E-state index in [1.165, 1.54) is 11.8 Å². The summed E-state index contributed by atoms with van der Waals surface area (Å²) in [6, 6.07) is 1.62. The molecule has 0 aliphatic carbocycles. The van der Waals surface area contributed by atoms with Crippen molar-refractivity contribution in [1.82, 2.24) is 0 Å². The lowest BCUT2D eigenvalue weighted by atomic mass is 10.2. The molecule has 0 atom stereocenters. The Morgan fingerprint density at radius 3 is 2.43 bits per heavy atom. The summed E-state index contributed by atoms with van der Waals surface area (Å²) in [5, 5.41) is 9.50. The molecule has 1 rings (SSSR count). The second kappa shape index (κ2) is 5.30. The molecule has 1 aromatic carbocycles. The summed E-state index contributed by atoms with van der Waals surface area (Å²) in [7, 11) is 0.